The van der Waals surface area contributed by atoms with Crippen molar-refractivity contribution in [1.29, 1.82) is 0 Å². The quantitative estimate of drug-likeness (QED) is 0.621. The third-order valence-corrected chi connectivity index (χ3v) is 3.34. The molecule has 2 N–H and O–H groups in total. The molecule has 0 aromatic heterocycles. The molecule has 1 amide bonds. The molecule has 8 heteroatoms. The molecule has 1 saturated heterocycles. The van der Waals surface area contributed by atoms with Gasteiger partial charge in [-0.05, 0) is 5.56 Å². The van der Waals surface area contributed by atoms with Crippen molar-refractivity contribution in [1.82, 2.24) is 10.2 Å². The summed E-state index contributed by atoms with van der Waals surface area (Å²) in [4.78, 5) is 34.8. The maximum Gasteiger partial charge on any atom is 0.343 e. The number of rotatable bonds is 4. The molecule has 21 heavy (non-hydrogen) atoms. The molecular weight excluding hydrogens is 278 g/mol. The number of nitro groups is 1. The highest BCUT2D eigenvalue weighted by molar-refractivity contribution is 5.94. The molecule has 8 nitrogen and oxygen atoms in total. The Hall–Kier alpha value is -2.48. The van der Waals surface area contributed by atoms with E-state index in [9.17, 15) is 24.8 Å². The Balaban J connectivity index is 2.27. The number of carbonyl (C=O) groups is 2. The zero-order valence-electron chi connectivity index (χ0n) is 11.2. The van der Waals surface area contributed by atoms with Gasteiger partial charge in [0.15, 0.2) is 0 Å². The second-order valence-electron chi connectivity index (χ2n) is 4.75. The third kappa shape index (κ3) is 3.54. The zero-order valence-corrected chi connectivity index (χ0v) is 11.2. The second-order valence-corrected chi connectivity index (χ2v) is 4.75. The van der Waals surface area contributed by atoms with Crippen molar-refractivity contribution < 1.29 is 19.6 Å². The van der Waals surface area contributed by atoms with Crippen molar-refractivity contribution in [2.45, 2.75) is 13.0 Å². The van der Waals surface area contributed by atoms with E-state index < -0.39 is 16.6 Å². The average molecular weight is 293 g/mol. The molecule has 0 aliphatic carbocycles. The van der Waals surface area contributed by atoms with Crippen LogP contribution in [0.1, 0.15) is 22.3 Å². The van der Waals surface area contributed by atoms with Gasteiger partial charge in [-0.1, -0.05) is 12.1 Å². The summed E-state index contributed by atoms with van der Waals surface area (Å²) in [7, 11) is 0. The van der Waals surface area contributed by atoms with Gasteiger partial charge in [0.2, 0.25) is 5.91 Å². The summed E-state index contributed by atoms with van der Waals surface area (Å²) in [6.07, 6.45) is 0.331. The van der Waals surface area contributed by atoms with Crippen LogP contribution in [-0.4, -0.2) is 46.4 Å². The van der Waals surface area contributed by atoms with Gasteiger partial charge in [-0.2, -0.15) is 0 Å². The van der Waals surface area contributed by atoms with Crippen LogP contribution in [0.2, 0.25) is 0 Å². The molecule has 0 radical (unpaired) electrons. The van der Waals surface area contributed by atoms with Gasteiger partial charge in [-0.15, -0.1) is 0 Å². The first kappa shape index (κ1) is 14.9. The summed E-state index contributed by atoms with van der Waals surface area (Å²) in [5.74, 6) is -1.36. The van der Waals surface area contributed by atoms with Gasteiger partial charge in [-0.3, -0.25) is 19.8 Å². The second kappa shape index (κ2) is 6.31. The number of carbonyl (C=O) groups excluding carboxylic acids is 1. The van der Waals surface area contributed by atoms with Gasteiger partial charge in [0, 0.05) is 38.7 Å². The van der Waals surface area contributed by atoms with E-state index >= 15 is 0 Å². The van der Waals surface area contributed by atoms with Crippen LogP contribution in [0.4, 0.5) is 5.69 Å². The van der Waals surface area contributed by atoms with Crippen molar-refractivity contribution in [3.05, 3.63) is 39.4 Å². The molecule has 1 fully saturated rings. The molecule has 0 atom stereocenters. The van der Waals surface area contributed by atoms with E-state index in [0.29, 0.717) is 31.6 Å². The van der Waals surface area contributed by atoms with Crippen molar-refractivity contribution >= 4 is 17.6 Å². The number of carboxylic acid groups (broad SMARTS) is 1. The lowest BCUT2D eigenvalue weighted by Crippen LogP contribution is -2.29. The van der Waals surface area contributed by atoms with Crippen LogP contribution >= 0.6 is 0 Å². The van der Waals surface area contributed by atoms with E-state index in [4.69, 9.17) is 0 Å². The van der Waals surface area contributed by atoms with E-state index in [0.717, 1.165) is 0 Å². The van der Waals surface area contributed by atoms with Gasteiger partial charge in [-0.25, -0.2) is 4.79 Å². The van der Waals surface area contributed by atoms with Crippen LogP contribution < -0.4 is 5.32 Å². The molecule has 1 heterocycles. The van der Waals surface area contributed by atoms with E-state index in [2.05, 4.69) is 5.32 Å². The predicted octanol–water partition coefficient (Wildman–Crippen LogP) is 0.615. The minimum absolute atomic E-state index is 0.0463. The normalized spacial score (nSPS) is 16.1. The lowest BCUT2D eigenvalue weighted by atomic mass is 10.0. The maximum absolute atomic E-state index is 11.3. The number of benzene rings is 1. The van der Waals surface area contributed by atoms with Crippen molar-refractivity contribution in [2.24, 2.45) is 0 Å². The molecule has 112 valence electrons. The van der Waals surface area contributed by atoms with Gasteiger partial charge < -0.3 is 10.4 Å². The summed E-state index contributed by atoms with van der Waals surface area (Å²) in [5, 5.41) is 22.9. The highest BCUT2D eigenvalue weighted by Crippen LogP contribution is 2.23. The van der Waals surface area contributed by atoms with Crippen molar-refractivity contribution in [2.75, 3.05) is 19.6 Å². The standard InChI is InChI=1S/C13H15N3O5/c17-11-4-6-15(7-5-14-11)8-9-2-1-3-10(16(20)21)12(9)13(18)19/h1-3H,4-8H2,(H,14,17)(H,18,19). The van der Waals surface area contributed by atoms with Gasteiger partial charge in [0.25, 0.3) is 5.69 Å². The predicted molar refractivity (Wildman–Crippen MR) is 73.0 cm³/mol. The molecule has 2 rings (SSSR count). The molecule has 1 aliphatic heterocycles. The molecule has 1 aromatic carbocycles. The molecule has 0 spiro atoms. The first-order chi connectivity index (χ1) is 9.99. The first-order valence-corrected chi connectivity index (χ1v) is 6.47. The Morgan fingerprint density at radius 2 is 2.19 bits per heavy atom. The van der Waals surface area contributed by atoms with Crippen LogP contribution in [-0.2, 0) is 11.3 Å². The number of aromatic carboxylic acids is 1. The summed E-state index contributed by atoms with van der Waals surface area (Å²) in [6, 6.07) is 4.22. The minimum Gasteiger partial charge on any atom is -0.477 e. The Kier molecular flexibility index (Phi) is 4.49. The number of carboxylic acids is 1. The van der Waals surface area contributed by atoms with Crippen LogP contribution in [0, 0.1) is 10.1 Å². The highest BCUT2D eigenvalue weighted by atomic mass is 16.6. The topological polar surface area (TPSA) is 113 Å². The average Bonchev–Trinajstić information content (AvgIpc) is 2.63. The number of hydrogen-bond acceptors (Lipinski definition) is 5. The molecule has 0 unspecified atom stereocenters. The van der Waals surface area contributed by atoms with Crippen molar-refractivity contribution in [3.8, 4) is 0 Å². The summed E-state index contributed by atoms with van der Waals surface area (Å²) in [5.41, 5.74) is -0.318. The maximum atomic E-state index is 11.3. The number of amides is 1. The number of hydrogen-bond donors (Lipinski definition) is 2. The Morgan fingerprint density at radius 1 is 1.43 bits per heavy atom. The number of nitrogens with one attached hydrogen (secondary N) is 1. The fourth-order valence-corrected chi connectivity index (χ4v) is 2.33. The van der Waals surface area contributed by atoms with Crippen LogP contribution in [0.15, 0.2) is 18.2 Å². The smallest absolute Gasteiger partial charge is 0.343 e. The Bertz CT molecular complexity index is 587. The van der Waals surface area contributed by atoms with Crippen LogP contribution in [0.25, 0.3) is 0 Å². The van der Waals surface area contributed by atoms with Crippen LogP contribution in [0.3, 0.4) is 0 Å². The molecule has 1 aliphatic rings. The van der Waals surface area contributed by atoms with Gasteiger partial charge in [0.1, 0.15) is 5.56 Å². The third-order valence-electron chi connectivity index (χ3n) is 3.34. The van der Waals surface area contributed by atoms with E-state index in [1.54, 1.807) is 6.07 Å². The summed E-state index contributed by atoms with van der Waals surface area (Å²) >= 11 is 0. The van der Waals surface area contributed by atoms with Gasteiger partial charge in [0.05, 0.1) is 4.92 Å². The van der Waals surface area contributed by atoms with Gasteiger partial charge >= 0.3 is 5.97 Å². The van der Waals surface area contributed by atoms with E-state index in [1.165, 1.54) is 12.1 Å². The Labute approximate surface area is 120 Å². The number of nitrogens with zero attached hydrogens (tertiary/aromatic N) is 2. The SMILES string of the molecule is O=C1CCN(Cc2cccc([N+](=O)[O-])c2C(=O)O)CCN1. The lowest BCUT2D eigenvalue weighted by Gasteiger charge is -2.19. The summed E-state index contributed by atoms with van der Waals surface area (Å²) < 4.78 is 0. The van der Waals surface area contributed by atoms with Crippen LogP contribution in [0.5, 0.6) is 0 Å². The molecular formula is C13H15N3O5. The largest absolute Gasteiger partial charge is 0.477 e. The van der Waals surface area contributed by atoms with E-state index in [1.807, 2.05) is 4.90 Å². The van der Waals surface area contributed by atoms with E-state index in [-0.39, 0.29) is 18.0 Å². The lowest BCUT2D eigenvalue weighted by molar-refractivity contribution is -0.385. The summed E-state index contributed by atoms with van der Waals surface area (Å²) in [6.45, 7) is 1.81. The van der Waals surface area contributed by atoms with Crippen molar-refractivity contribution in [3.63, 3.8) is 0 Å². The highest BCUT2D eigenvalue weighted by Gasteiger charge is 2.25. The molecule has 1 aromatic rings. The zero-order chi connectivity index (χ0) is 15.4. The first-order valence-electron chi connectivity index (χ1n) is 6.47. The monoisotopic (exact) mass is 293 g/mol. The fourth-order valence-electron chi connectivity index (χ4n) is 2.33. The molecule has 0 saturated carbocycles. The molecule has 0 bridgehead atoms. The minimum atomic E-state index is -1.32. The fraction of sp³-hybridized carbons (Fsp3) is 0.385. The number of nitro benzene ring substituents is 1. The Morgan fingerprint density at radius 3 is 2.86 bits per heavy atom.